The fourth-order valence-electron chi connectivity index (χ4n) is 2.34. The second kappa shape index (κ2) is 2.97. The van der Waals surface area contributed by atoms with E-state index < -0.39 is 0 Å². The Morgan fingerprint density at radius 1 is 1.47 bits per heavy atom. The molecule has 0 spiro atoms. The average Bonchev–Trinajstić information content (AvgIpc) is 2.68. The summed E-state index contributed by atoms with van der Waals surface area (Å²) >= 11 is 5.88. The van der Waals surface area contributed by atoms with Crippen molar-refractivity contribution in [3.8, 4) is 0 Å². The number of halogens is 1. The monoisotopic (exact) mass is 222 g/mol. The van der Waals surface area contributed by atoms with E-state index in [0.29, 0.717) is 10.9 Å². The third-order valence-corrected chi connectivity index (χ3v) is 3.53. The van der Waals surface area contributed by atoms with Crippen LogP contribution in [0.5, 0.6) is 0 Å². The fourth-order valence-corrected chi connectivity index (χ4v) is 2.53. The van der Waals surface area contributed by atoms with Gasteiger partial charge in [0.25, 0.3) is 0 Å². The molecule has 1 heterocycles. The van der Waals surface area contributed by atoms with Gasteiger partial charge >= 0.3 is 0 Å². The van der Waals surface area contributed by atoms with Crippen LogP contribution in [0, 0.1) is 11.8 Å². The number of piperidine rings is 1. The lowest BCUT2D eigenvalue weighted by Gasteiger charge is -2.19. The van der Waals surface area contributed by atoms with Crippen molar-refractivity contribution >= 4 is 23.2 Å². The summed E-state index contributed by atoms with van der Waals surface area (Å²) in [5.74, 6) is 0.565. The number of carbonyl (C=O) groups excluding carboxylic acids is 1. The number of fused-ring (bicyclic) bond motifs is 1. The Kier molecular flexibility index (Phi) is 1.82. The summed E-state index contributed by atoms with van der Waals surface area (Å²) in [5.41, 5.74) is 6.64. The number of nitrogens with zero attached hydrogens (tertiary/aromatic N) is 1. The first-order valence-electron chi connectivity index (χ1n) is 5.01. The van der Waals surface area contributed by atoms with Crippen molar-refractivity contribution in [1.82, 2.24) is 0 Å². The van der Waals surface area contributed by atoms with E-state index in [1.54, 1.807) is 11.0 Å². The standard InChI is InChI=1S/C11H11ClN2O/c12-6-2-1-3-7(4-6)14-5-8-9(10(8)13)11(14)15/h1-4,8-10H,5,13H2. The van der Waals surface area contributed by atoms with E-state index in [0.717, 1.165) is 12.2 Å². The number of benzene rings is 1. The largest absolute Gasteiger partial charge is 0.327 e. The summed E-state index contributed by atoms with van der Waals surface area (Å²) < 4.78 is 0. The normalized spacial score (nSPS) is 33.1. The van der Waals surface area contributed by atoms with Gasteiger partial charge in [0.1, 0.15) is 0 Å². The number of hydrogen-bond acceptors (Lipinski definition) is 2. The highest BCUT2D eigenvalue weighted by Crippen LogP contribution is 2.46. The van der Waals surface area contributed by atoms with Crippen LogP contribution >= 0.6 is 11.6 Å². The molecule has 2 aliphatic rings. The van der Waals surface area contributed by atoms with Crippen molar-refractivity contribution in [2.75, 3.05) is 11.4 Å². The molecular weight excluding hydrogens is 212 g/mol. The third-order valence-electron chi connectivity index (χ3n) is 3.29. The van der Waals surface area contributed by atoms with Crippen molar-refractivity contribution < 1.29 is 4.79 Å². The van der Waals surface area contributed by atoms with E-state index in [9.17, 15) is 4.79 Å². The Labute approximate surface area is 92.8 Å². The third kappa shape index (κ3) is 1.27. The molecule has 78 valence electrons. The zero-order valence-electron chi connectivity index (χ0n) is 8.06. The molecule has 1 aliphatic carbocycles. The number of rotatable bonds is 1. The molecule has 0 aromatic heterocycles. The van der Waals surface area contributed by atoms with Crippen molar-refractivity contribution in [3.63, 3.8) is 0 Å². The predicted octanol–water partition coefficient (Wildman–Crippen LogP) is 1.26. The molecule has 0 radical (unpaired) electrons. The summed E-state index contributed by atoms with van der Waals surface area (Å²) in [5, 5.41) is 0.658. The summed E-state index contributed by atoms with van der Waals surface area (Å²) in [7, 11) is 0. The SMILES string of the molecule is NC1C2CN(c3cccc(Cl)c3)C(=O)C12. The molecule has 1 saturated heterocycles. The van der Waals surface area contributed by atoms with E-state index in [4.69, 9.17) is 17.3 Å². The van der Waals surface area contributed by atoms with Gasteiger partial charge in [-0.2, -0.15) is 0 Å². The summed E-state index contributed by atoms with van der Waals surface area (Å²) in [6, 6.07) is 7.47. The maximum atomic E-state index is 11.9. The van der Waals surface area contributed by atoms with Gasteiger partial charge < -0.3 is 10.6 Å². The molecule has 1 saturated carbocycles. The van der Waals surface area contributed by atoms with Gasteiger partial charge in [-0.15, -0.1) is 0 Å². The van der Waals surface area contributed by atoms with Crippen molar-refractivity contribution in [2.24, 2.45) is 17.6 Å². The zero-order chi connectivity index (χ0) is 10.6. The fraction of sp³-hybridized carbons (Fsp3) is 0.364. The second-order valence-electron chi connectivity index (χ2n) is 4.20. The molecule has 2 fully saturated rings. The van der Waals surface area contributed by atoms with Crippen LogP contribution in [-0.4, -0.2) is 18.5 Å². The van der Waals surface area contributed by atoms with E-state index in [-0.39, 0.29) is 17.9 Å². The minimum absolute atomic E-state index is 0.0592. The molecule has 4 heteroatoms. The Bertz CT molecular complexity index is 434. The molecule has 3 rings (SSSR count). The topological polar surface area (TPSA) is 46.3 Å². The maximum absolute atomic E-state index is 11.9. The predicted molar refractivity (Wildman–Crippen MR) is 58.8 cm³/mol. The lowest BCUT2D eigenvalue weighted by molar-refractivity contribution is -0.118. The van der Waals surface area contributed by atoms with Crippen molar-refractivity contribution in [3.05, 3.63) is 29.3 Å². The molecule has 0 bridgehead atoms. The van der Waals surface area contributed by atoms with Gasteiger partial charge in [0, 0.05) is 29.2 Å². The van der Waals surface area contributed by atoms with Crippen LogP contribution < -0.4 is 10.6 Å². The summed E-state index contributed by atoms with van der Waals surface area (Å²) in [6.07, 6.45) is 0. The molecule has 2 N–H and O–H groups in total. The van der Waals surface area contributed by atoms with Gasteiger partial charge in [-0.3, -0.25) is 4.79 Å². The average molecular weight is 223 g/mol. The first-order valence-corrected chi connectivity index (χ1v) is 5.39. The van der Waals surface area contributed by atoms with Crippen LogP contribution in [0.1, 0.15) is 0 Å². The number of hydrogen-bond donors (Lipinski definition) is 1. The van der Waals surface area contributed by atoms with Gasteiger partial charge in [-0.25, -0.2) is 0 Å². The lowest BCUT2D eigenvalue weighted by atomic mass is 10.2. The Morgan fingerprint density at radius 3 is 2.87 bits per heavy atom. The molecule has 3 unspecified atom stereocenters. The van der Waals surface area contributed by atoms with Crippen LogP contribution in [0.3, 0.4) is 0 Å². The van der Waals surface area contributed by atoms with Crippen LogP contribution in [0.4, 0.5) is 5.69 Å². The first kappa shape index (κ1) is 9.19. The minimum Gasteiger partial charge on any atom is -0.327 e. The Morgan fingerprint density at radius 2 is 2.27 bits per heavy atom. The highest BCUT2D eigenvalue weighted by Gasteiger charge is 2.60. The quantitative estimate of drug-likeness (QED) is 0.778. The highest BCUT2D eigenvalue weighted by atomic mass is 35.5. The summed E-state index contributed by atoms with van der Waals surface area (Å²) in [6.45, 7) is 0.741. The van der Waals surface area contributed by atoms with Crippen LogP contribution in [0.15, 0.2) is 24.3 Å². The van der Waals surface area contributed by atoms with Crippen LogP contribution in [0.2, 0.25) is 5.02 Å². The molecular formula is C11H11ClN2O. The molecule has 15 heavy (non-hydrogen) atoms. The molecule has 3 nitrogen and oxygen atoms in total. The van der Waals surface area contributed by atoms with Gasteiger partial charge in [0.05, 0.1) is 5.92 Å². The van der Waals surface area contributed by atoms with Gasteiger partial charge in [-0.05, 0) is 18.2 Å². The van der Waals surface area contributed by atoms with Gasteiger partial charge in [-0.1, -0.05) is 17.7 Å². The number of carbonyl (C=O) groups is 1. The lowest BCUT2D eigenvalue weighted by Crippen LogP contribution is -2.33. The number of nitrogens with two attached hydrogens (primary N) is 1. The number of amides is 1. The maximum Gasteiger partial charge on any atom is 0.232 e. The van der Waals surface area contributed by atoms with Crippen molar-refractivity contribution in [1.29, 1.82) is 0 Å². The van der Waals surface area contributed by atoms with E-state index in [2.05, 4.69) is 0 Å². The first-order chi connectivity index (χ1) is 7.18. The van der Waals surface area contributed by atoms with E-state index in [1.165, 1.54) is 0 Å². The minimum atomic E-state index is 0.0592. The zero-order valence-corrected chi connectivity index (χ0v) is 8.82. The molecule has 1 aromatic carbocycles. The smallest absolute Gasteiger partial charge is 0.232 e. The van der Waals surface area contributed by atoms with Gasteiger partial charge in [0.2, 0.25) is 5.91 Å². The highest BCUT2D eigenvalue weighted by molar-refractivity contribution is 6.31. The van der Waals surface area contributed by atoms with Gasteiger partial charge in [0.15, 0.2) is 0 Å². The Hall–Kier alpha value is -1.06. The second-order valence-corrected chi connectivity index (χ2v) is 4.63. The van der Waals surface area contributed by atoms with E-state index >= 15 is 0 Å². The molecule has 3 atom stereocenters. The molecule has 1 aliphatic heterocycles. The van der Waals surface area contributed by atoms with E-state index in [1.807, 2.05) is 18.2 Å². The summed E-state index contributed by atoms with van der Waals surface area (Å²) in [4.78, 5) is 13.7. The van der Waals surface area contributed by atoms with Crippen molar-refractivity contribution in [2.45, 2.75) is 6.04 Å². The van der Waals surface area contributed by atoms with Crippen LogP contribution in [-0.2, 0) is 4.79 Å². The Balaban J connectivity index is 1.88. The van der Waals surface area contributed by atoms with Crippen LogP contribution in [0.25, 0.3) is 0 Å². The molecule has 1 aromatic rings. The number of anilines is 1. The molecule has 1 amide bonds.